The number of halogens is 1. The number of carbonyl (C=O) groups is 1. The predicted molar refractivity (Wildman–Crippen MR) is 100 cm³/mol. The fourth-order valence-corrected chi connectivity index (χ4v) is 3.83. The molecule has 2 rings (SSSR count). The number of likely N-dealkylation sites (N-methyl/N-ethyl adjacent to an activating group) is 1. The van der Waals surface area contributed by atoms with E-state index in [0.717, 1.165) is 8.78 Å². The molecule has 0 heterocycles. The van der Waals surface area contributed by atoms with Crippen LogP contribution in [-0.2, 0) is 14.8 Å². The van der Waals surface area contributed by atoms with Gasteiger partial charge in [0.25, 0.3) is 0 Å². The van der Waals surface area contributed by atoms with E-state index < -0.39 is 15.9 Å². The number of carbonyl (C=O) groups excluding carboxylic acids is 1. The number of ether oxygens (including phenoxy) is 1. The number of hydrogen-bond acceptors (Lipinski definition) is 4. The number of amides is 1. The zero-order valence-corrected chi connectivity index (χ0v) is 16.3. The van der Waals surface area contributed by atoms with Gasteiger partial charge in [-0.3, -0.25) is 4.79 Å². The van der Waals surface area contributed by atoms with Crippen molar-refractivity contribution in [2.75, 3.05) is 25.5 Å². The fraction of sp³-hybridized carbons (Fsp3) is 0.235. The Bertz CT molecular complexity index is 821. The van der Waals surface area contributed by atoms with E-state index >= 15 is 0 Å². The molecule has 0 fully saturated rings. The van der Waals surface area contributed by atoms with Crippen LogP contribution in [0.2, 0.25) is 0 Å². The molecule has 0 aliphatic carbocycles. The summed E-state index contributed by atoms with van der Waals surface area (Å²) in [6, 6.07) is 13.1. The van der Waals surface area contributed by atoms with Gasteiger partial charge in [0.05, 0.1) is 18.6 Å². The van der Waals surface area contributed by atoms with Gasteiger partial charge >= 0.3 is 0 Å². The van der Waals surface area contributed by atoms with Crippen molar-refractivity contribution < 1.29 is 17.9 Å². The topological polar surface area (TPSA) is 75.7 Å². The standard InChI is InChI=1S/C17H19BrN2O4S/c1-3-20(25(22,23)16-10-4-13(18)5-11-16)12-17(21)19-14-6-8-15(24-2)9-7-14/h4-11H,3,12H2,1-2H3,(H,19,21). The lowest BCUT2D eigenvalue weighted by Crippen LogP contribution is -2.37. The number of sulfonamides is 1. The van der Waals surface area contributed by atoms with Gasteiger partial charge in [0, 0.05) is 16.7 Å². The first-order chi connectivity index (χ1) is 11.9. The molecular weight excluding hydrogens is 408 g/mol. The average Bonchev–Trinajstić information content (AvgIpc) is 2.60. The number of methoxy groups -OCH3 is 1. The molecule has 0 aliphatic heterocycles. The first-order valence-electron chi connectivity index (χ1n) is 7.56. The number of nitrogens with zero attached hydrogens (tertiary/aromatic N) is 1. The lowest BCUT2D eigenvalue weighted by atomic mass is 10.3. The highest BCUT2D eigenvalue weighted by atomic mass is 79.9. The third-order valence-corrected chi connectivity index (χ3v) is 5.96. The van der Waals surface area contributed by atoms with Crippen molar-refractivity contribution in [2.24, 2.45) is 0 Å². The zero-order chi connectivity index (χ0) is 18.4. The molecule has 2 aromatic carbocycles. The fourth-order valence-electron chi connectivity index (χ4n) is 2.16. The average molecular weight is 427 g/mol. The van der Waals surface area contributed by atoms with Gasteiger partial charge in [-0.25, -0.2) is 8.42 Å². The SMILES string of the molecule is CCN(CC(=O)Nc1ccc(OC)cc1)S(=O)(=O)c1ccc(Br)cc1. The molecule has 134 valence electrons. The minimum absolute atomic E-state index is 0.148. The Labute approximate surface area is 156 Å². The van der Waals surface area contributed by atoms with Crippen LogP contribution in [-0.4, -0.2) is 38.8 Å². The number of anilines is 1. The molecule has 0 spiro atoms. The highest BCUT2D eigenvalue weighted by molar-refractivity contribution is 9.10. The largest absolute Gasteiger partial charge is 0.497 e. The summed E-state index contributed by atoms with van der Waals surface area (Å²) in [5.41, 5.74) is 0.572. The second-order valence-electron chi connectivity index (χ2n) is 5.16. The maximum absolute atomic E-state index is 12.7. The number of benzene rings is 2. The monoisotopic (exact) mass is 426 g/mol. The second-order valence-corrected chi connectivity index (χ2v) is 8.02. The van der Waals surface area contributed by atoms with Crippen molar-refractivity contribution in [2.45, 2.75) is 11.8 Å². The van der Waals surface area contributed by atoms with Crippen LogP contribution in [0.5, 0.6) is 5.75 Å². The van der Waals surface area contributed by atoms with Gasteiger partial charge < -0.3 is 10.1 Å². The second kappa shape index (κ2) is 8.46. The van der Waals surface area contributed by atoms with E-state index in [1.165, 1.54) is 12.1 Å². The first kappa shape index (κ1) is 19.4. The Morgan fingerprint density at radius 1 is 1.12 bits per heavy atom. The van der Waals surface area contributed by atoms with Crippen LogP contribution in [0.1, 0.15) is 6.92 Å². The van der Waals surface area contributed by atoms with Crippen LogP contribution < -0.4 is 10.1 Å². The molecule has 0 radical (unpaired) electrons. The van der Waals surface area contributed by atoms with Crippen LogP contribution >= 0.6 is 15.9 Å². The molecule has 25 heavy (non-hydrogen) atoms. The van der Waals surface area contributed by atoms with Gasteiger partial charge in [-0.1, -0.05) is 22.9 Å². The van der Waals surface area contributed by atoms with E-state index in [1.54, 1.807) is 50.4 Å². The van der Waals surface area contributed by atoms with Crippen LogP contribution in [0.3, 0.4) is 0 Å². The van der Waals surface area contributed by atoms with Crippen molar-refractivity contribution in [3.63, 3.8) is 0 Å². The summed E-state index contributed by atoms with van der Waals surface area (Å²) >= 11 is 3.27. The summed E-state index contributed by atoms with van der Waals surface area (Å²) in [6.45, 7) is 1.62. The Balaban J connectivity index is 2.09. The third kappa shape index (κ3) is 5.04. The van der Waals surface area contributed by atoms with Crippen molar-refractivity contribution in [1.82, 2.24) is 4.31 Å². The van der Waals surface area contributed by atoms with Gasteiger partial charge in [-0.15, -0.1) is 0 Å². The van der Waals surface area contributed by atoms with E-state index in [9.17, 15) is 13.2 Å². The Morgan fingerprint density at radius 3 is 2.24 bits per heavy atom. The zero-order valence-electron chi connectivity index (χ0n) is 13.9. The van der Waals surface area contributed by atoms with Gasteiger partial charge in [-0.05, 0) is 48.5 Å². The highest BCUT2D eigenvalue weighted by Crippen LogP contribution is 2.19. The molecule has 1 N–H and O–H groups in total. The van der Waals surface area contributed by atoms with Crippen molar-refractivity contribution in [1.29, 1.82) is 0 Å². The molecule has 6 nitrogen and oxygen atoms in total. The molecular formula is C17H19BrN2O4S. The van der Waals surface area contributed by atoms with Crippen LogP contribution in [0.4, 0.5) is 5.69 Å². The van der Waals surface area contributed by atoms with Crippen molar-refractivity contribution in [3.8, 4) is 5.75 Å². The summed E-state index contributed by atoms with van der Waals surface area (Å²) in [6.07, 6.45) is 0. The first-order valence-corrected chi connectivity index (χ1v) is 9.79. The Kier molecular flexibility index (Phi) is 6.57. The highest BCUT2D eigenvalue weighted by Gasteiger charge is 2.25. The van der Waals surface area contributed by atoms with Gasteiger partial charge in [0.1, 0.15) is 5.75 Å². The minimum Gasteiger partial charge on any atom is -0.497 e. The lowest BCUT2D eigenvalue weighted by Gasteiger charge is -2.20. The van der Waals surface area contributed by atoms with E-state index in [4.69, 9.17) is 4.74 Å². The van der Waals surface area contributed by atoms with Crippen molar-refractivity contribution in [3.05, 3.63) is 53.0 Å². The molecule has 0 atom stereocenters. The summed E-state index contributed by atoms with van der Waals surface area (Å²) < 4.78 is 32.3. The normalized spacial score (nSPS) is 11.4. The van der Waals surface area contributed by atoms with Crippen LogP contribution in [0.15, 0.2) is 57.9 Å². The molecule has 0 aliphatic rings. The molecule has 1 amide bonds. The minimum atomic E-state index is -3.73. The smallest absolute Gasteiger partial charge is 0.243 e. The molecule has 0 saturated carbocycles. The van der Waals surface area contributed by atoms with Gasteiger partial charge in [-0.2, -0.15) is 4.31 Å². The molecule has 2 aromatic rings. The number of rotatable bonds is 7. The van der Waals surface area contributed by atoms with E-state index in [2.05, 4.69) is 21.2 Å². The van der Waals surface area contributed by atoms with Crippen molar-refractivity contribution >= 4 is 37.5 Å². The quantitative estimate of drug-likeness (QED) is 0.737. The predicted octanol–water partition coefficient (Wildman–Crippen LogP) is 3.11. The summed E-state index contributed by atoms with van der Waals surface area (Å²) in [7, 11) is -2.18. The molecule has 0 bridgehead atoms. The lowest BCUT2D eigenvalue weighted by molar-refractivity contribution is -0.116. The maximum Gasteiger partial charge on any atom is 0.243 e. The summed E-state index contributed by atoms with van der Waals surface area (Å²) in [5.74, 6) is 0.263. The number of nitrogens with one attached hydrogen (secondary N) is 1. The maximum atomic E-state index is 12.7. The molecule has 0 unspecified atom stereocenters. The number of hydrogen-bond donors (Lipinski definition) is 1. The van der Waals surface area contributed by atoms with E-state index in [1.807, 2.05) is 0 Å². The third-order valence-electron chi connectivity index (χ3n) is 3.50. The van der Waals surface area contributed by atoms with Crippen LogP contribution in [0.25, 0.3) is 0 Å². The van der Waals surface area contributed by atoms with E-state index in [-0.39, 0.29) is 18.0 Å². The van der Waals surface area contributed by atoms with Gasteiger partial charge in [0.2, 0.25) is 15.9 Å². The molecule has 8 heteroatoms. The summed E-state index contributed by atoms with van der Waals surface area (Å²) in [5, 5.41) is 2.68. The van der Waals surface area contributed by atoms with Gasteiger partial charge in [0.15, 0.2) is 0 Å². The Hall–Kier alpha value is -1.90. The van der Waals surface area contributed by atoms with E-state index in [0.29, 0.717) is 11.4 Å². The molecule has 0 aromatic heterocycles. The molecule has 0 saturated heterocycles. The van der Waals surface area contributed by atoms with Crippen LogP contribution in [0, 0.1) is 0 Å². The summed E-state index contributed by atoms with van der Waals surface area (Å²) in [4.78, 5) is 12.4. The Morgan fingerprint density at radius 2 is 1.72 bits per heavy atom.